The molecule has 0 heterocycles. The molecule has 53 heavy (non-hydrogen) atoms. The maximum atomic E-state index is 5.04. The van der Waals surface area contributed by atoms with Gasteiger partial charge < -0.3 is 16.0 Å². The highest BCUT2D eigenvalue weighted by Crippen LogP contribution is 2.30. The van der Waals surface area contributed by atoms with E-state index in [1.165, 1.54) is 9.79 Å². The van der Waals surface area contributed by atoms with E-state index in [1.807, 2.05) is 24.3 Å². The minimum absolute atomic E-state index is 0.824. The van der Waals surface area contributed by atoms with Crippen LogP contribution in [0.3, 0.4) is 0 Å². The highest BCUT2D eigenvalue weighted by atomic mass is 32.2. The third kappa shape index (κ3) is 12.7. The van der Waals surface area contributed by atoms with Crippen molar-refractivity contribution in [2.75, 3.05) is 42.1 Å². The van der Waals surface area contributed by atoms with Gasteiger partial charge in [-0.15, -0.1) is 0 Å². The van der Waals surface area contributed by atoms with Crippen LogP contribution in [0.2, 0.25) is 0 Å². The topological polar surface area (TPSA) is 73.2 Å². The Hall–Kier alpha value is -4.79. The molecule has 0 aromatic heterocycles. The fourth-order valence-corrected chi connectivity index (χ4v) is 6.94. The average Bonchev–Trinajstić information content (AvgIpc) is 3.61. The van der Waals surface area contributed by atoms with Gasteiger partial charge in [0.15, 0.2) is 0 Å². The predicted octanol–water partition coefficient (Wildman–Crippen LogP) is 11.2. The van der Waals surface area contributed by atoms with Crippen LogP contribution in [0.1, 0.15) is 53.4 Å². The van der Waals surface area contributed by atoms with E-state index in [2.05, 4.69) is 147 Å². The van der Waals surface area contributed by atoms with Crippen LogP contribution in [0.5, 0.6) is 0 Å². The van der Waals surface area contributed by atoms with Crippen LogP contribution in [0, 0.1) is 0 Å². The molecule has 8 heteroatoms. The van der Waals surface area contributed by atoms with Crippen LogP contribution in [-0.2, 0) is 0 Å². The molecule has 0 saturated carbocycles. The summed E-state index contributed by atoms with van der Waals surface area (Å²) in [5.41, 5.74) is 5.01. The van der Waals surface area contributed by atoms with Crippen LogP contribution in [-0.4, -0.2) is 26.2 Å². The van der Waals surface area contributed by atoms with Gasteiger partial charge in [-0.3, -0.25) is 9.98 Å². The molecule has 0 fully saturated rings. The molecule has 274 valence electrons. The van der Waals surface area contributed by atoms with Crippen molar-refractivity contribution in [1.82, 2.24) is 0 Å². The molecule has 5 aromatic rings. The van der Waals surface area contributed by atoms with E-state index in [9.17, 15) is 0 Å². The molecule has 5 aromatic carbocycles. The Morgan fingerprint density at radius 1 is 0.434 bits per heavy atom. The molecule has 0 radical (unpaired) electrons. The minimum Gasteiger partial charge on any atom is -0.383 e. The van der Waals surface area contributed by atoms with Crippen molar-refractivity contribution >= 4 is 52.0 Å². The molecule has 5 rings (SSSR count). The molecule has 0 aliphatic carbocycles. The lowest BCUT2D eigenvalue weighted by Crippen LogP contribution is -2.11. The Morgan fingerprint density at radius 2 is 0.906 bits per heavy atom. The van der Waals surface area contributed by atoms with Gasteiger partial charge in [-0.1, -0.05) is 69.4 Å². The van der Waals surface area contributed by atoms with Crippen molar-refractivity contribution in [3.8, 4) is 0 Å². The van der Waals surface area contributed by atoms with E-state index in [0.717, 1.165) is 106 Å². The Morgan fingerprint density at radius 3 is 1.42 bits per heavy atom. The number of hydrogen-bond acceptors (Lipinski definition) is 8. The van der Waals surface area contributed by atoms with Crippen molar-refractivity contribution in [2.45, 2.75) is 73.0 Å². The van der Waals surface area contributed by atoms with Crippen molar-refractivity contribution in [2.24, 2.45) is 15.0 Å². The quantitative estimate of drug-likeness (QED) is 0.0885. The third-order valence-electron chi connectivity index (χ3n) is 8.04. The van der Waals surface area contributed by atoms with E-state index in [0.29, 0.717) is 0 Å². The normalized spacial score (nSPS) is 12.1. The highest BCUT2D eigenvalue weighted by molar-refractivity contribution is 7.99. The third-order valence-corrected chi connectivity index (χ3v) is 10.1. The van der Waals surface area contributed by atoms with Gasteiger partial charge >= 0.3 is 0 Å². The summed E-state index contributed by atoms with van der Waals surface area (Å²) < 4.78 is 0. The van der Waals surface area contributed by atoms with E-state index in [-0.39, 0.29) is 0 Å². The van der Waals surface area contributed by atoms with Gasteiger partial charge in [0, 0.05) is 51.4 Å². The molecule has 0 saturated heterocycles. The molecule has 3 N–H and O–H groups in total. The van der Waals surface area contributed by atoms with Gasteiger partial charge in [0.25, 0.3) is 0 Å². The lowest BCUT2D eigenvalue weighted by molar-refractivity contribution is 0.901. The minimum atomic E-state index is 0.824. The summed E-state index contributed by atoms with van der Waals surface area (Å²) in [4.78, 5) is 19.3. The van der Waals surface area contributed by atoms with Crippen LogP contribution >= 0.6 is 23.5 Å². The van der Waals surface area contributed by atoms with Crippen LogP contribution in [0.4, 0.5) is 28.4 Å². The Bertz CT molecular complexity index is 2120. The number of hydrogen-bond donors (Lipinski definition) is 3. The smallest absolute Gasteiger partial charge is 0.0871 e. The summed E-state index contributed by atoms with van der Waals surface area (Å²) in [6.07, 6.45) is 4.20. The van der Waals surface area contributed by atoms with Gasteiger partial charge in [0.2, 0.25) is 0 Å². The summed E-state index contributed by atoms with van der Waals surface area (Å²) in [5, 5.41) is 13.6. The van der Waals surface area contributed by atoms with Gasteiger partial charge in [-0.05, 0) is 135 Å². The summed E-state index contributed by atoms with van der Waals surface area (Å²) in [5.74, 6) is 0. The molecule has 0 aliphatic rings. The first-order chi connectivity index (χ1) is 26.1. The maximum absolute atomic E-state index is 5.04. The number of nitrogens with one attached hydrogen (secondary N) is 3. The van der Waals surface area contributed by atoms with Gasteiger partial charge in [0.05, 0.1) is 38.8 Å². The summed E-state index contributed by atoms with van der Waals surface area (Å²) >= 11 is 3.49. The van der Waals surface area contributed by atoms with E-state index in [4.69, 9.17) is 15.0 Å². The predicted molar refractivity (Wildman–Crippen MR) is 228 cm³/mol. The molecule has 0 unspecified atom stereocenters. The van der Waals surface area contributed by atoms with Crippen molar-refractivity contribution in [3.63, 3.8) is 0 Å². The maximum Gasteiger partial charge on any atom is 0.0871 e. The molecule has 0 bridgehead atoms. The summed E-state index contributed by atoms with van der Waals surface area (Å²) in [6, 6.07) is 44.4. The fraction of sp³-hybridized carbons (Fsp3) is 0.267. The second-order valence-corrected chi connectivity index (χ2v) is 14.8. The number of anilines is 4. The van der Waals surface area contributed by atoms with Gasteiger partial charge in [-0.25, -0.2) is 4.99 Å². The molecular weight excluding hydrogens is 689 g/mol. The number of nitrogens with zero attached hydrogens (tertiary/aromatic N) is 3. The SMILES string of the molecule is CCCN=c1ccc(Sc2ccc(N=c3cccccc3Nc3ccc(Sc4ccc(NCCC)c(=NCCC)cc4)cc3)cc2)ccc1NCCC. The van der Waals surface area contributed by atoms with Gasteiger partial charge in [0.1, 0.15) is 0 Å². The van der Waals surface area contributed by atoms with Crippen LogP contribution in [0.25, 0.3) is 0 Å². The Balaban J connectivity index is 1.29. The highest BCUT2D eigenvalue weighted by Gasteiger charge is 2.04. The van der Waals surface area contributed by atoms with Crippen molar-refractivity contribution < 1.29 is 0 Å². The first-order valence-corrected chi connectivity index (χ1v) is 20.5. The summed E-state index contributed by atoms with van der Waals surface area (Å²) in [7, 11) is 0. The zero-order valence-corrected chi connectivity index (χ0v) is 33.1. The lowest BCUT2D eigenvalue weighted by Gasteiger charge is -2.07. The van der Waals surface area contributed by atoms with E-state index in [1.54, 1.807) is 23.5 Å². The molecule has 0 aliphatic heterocycles. The summed E-state index contributed by atoms with van der Waals surface area (Å²) in [6.45, 7) is 12.2. The van der Waals surface area contributed by atoms with E-state index >= 15 is 0 Å². The fourth-order valence-electron chi connectivity index (χ4n) is 5.31. The van der Waals surface area contributed by atoms with Crippen molar-refractivity contribution in [1.29, 1.82) is 0 Å². The van der Waals surface area contributed by atoms with Gasteiger partial charge in [-0.2, -0.15) is 0 Å². The molecule has 0 amide bonds. The molecule has 0 spiro atoms. The second kappa shape index (κ2) is 21.7. The number of rotatable bonds is 17. The van der Waals surface area contributed by atoms with Crippen molar-refractivity contribution in [3.05, 3.63) is 143 Å². The second-order valence-electron chi connectivity index (χ2n) is 12.5. The van der Waals surface area contributed by atoms with Crippen LogP contribution in [0.15, 0.2) is 162 Å². The Labute approximate surface area is 324 Å². The first-order valence-electron chi connectivity index (χ1n) is 18.8. The largest absolute Gasteiger partial charge is 0.383 e. The van der Waals surface area contributed by atoms with Crippen LogP contribution < -0.4 is 32.0 Å². The average molecular weight is 741 g/mol. The lowest BCUT2D eigenvalue weighted by atomic mass is 10.3. The standard InChI is InChI=1S/C45H52N6S2/c1-5-30-46-40-26-22-38(23-27-41(40)47-31-6-2)52-36-18-14-34(15-19-36)50-44-12-10-9-11-13-45(44)51-35-16-20-37(21-17-35)53-39-24-28-42(48-32-7-3)43(29-25-39)49-33-8-4/h9-29H,5-8,30-33H2,1-4H3,(H,46,47)(H,48,49)(H,50,51). The zero-order chi connectivity index (χ0) is 37.1. The number of benzene rings is 2. The molecule has 0 atom stereocenters. The molecular formula is C45H52N6S2. The zero-order valence-electron chi connectivity index (χ0n) is 31.4. The first kappa shape index (κ1) is 39.4. The monoisotopic (exact) mass is 740 g/mol. The molecule has 6 nitrogen and oxygen atoms in total. The Kier molecular flexibility index (Phi) is 16.1. The van der Waals surface area contributed by atoms with E-state index < -0.39 is 0 Å².